The molecule has 0 atom stereocenters. The predicted octanol–water partition coefficient (Wildman–Crippen LogP) is 3.90. The number of ether oxygens (including phenoxy) is 1. The summed E-state index contributed by atoms with van der Waals surface area (Å²) in [5, 5.41) is 3.88. The fourth-order valence-corrected chi connectivity index (χ4v) is 2.37. The molecule has 1 amide bonds. The molecule has 2 aromatic rings. The number of benzene rings is 1. The Kier molecular flexibility index (Phi) is 4.30. The molecule has 0 radical (unpaired) electrons. The van der Waals surface area contributed by atoms with E-state index in [0.717, 1.165) is 4.88 Å². The fourth-order valence-electron chi connectivity index (χ4n) is 1.53. The molecule has 0 aliphatic carbocycles. The lowest BCUT2D eigenvalue weighted by Gasteiger charge is -2.24. The lowest BCUT2D eigenvalue weighted by molar-refractivity contribution is -0.128. The Labute approximate surface area is 126 Å². The van der Waals surface area contributed by atoms with Gasteiger partial charge >= 0.3 is 0 Å². The molecule has 0 saturated carbocycles. The summed E-state index contributed by atoms with van der Waals surface area (Å²) in [6.45, 7) is 5.33. The molecule has 1 heterocycles. The van der Waals surface area contributed by atoms with Gasteiger partial charge in [0.05, 0.1) is 0 Å². The van der Waals surface area contributed by atoms with Crippen LogP contribution in [0, 0.1) is 6.92 Å². The van der Waals surface area contributed by atoms with Gasteiger partial charge in [0.2, 0.25) is 0 Å². The molecule has 0 bridgehead atoms. The number of hydrogen-bond donors (Lipinski definition) is 1. The van der Waals surface area contributed by atoms with E-state index in [-0.39, 0.29) is 5.91 Å². The van der Waals surface area contributed by atoms with E-state index in [1.807, 2.05) is 6.92 Å². The van der Waals surface area contributed by atoms with E-state index in [4.69, 9.17) is 16.3 Å². The van der Waals surface area contributed by atoms with Crippen LogP contribution in [0.1, 0.15) is 18.7 Å². The van der Waals surface area contributed by atoms with Crippen molar-refractivity contribution in [2.75, 3.05) is 5.32 Å². The summed E-state index contributed by atoms with van der Waals surface area (Å²) in [5.74, 6) is 0.291. The number of hydrogen-bond acceptors (Lipinski definition) is 4. The van der Waals surface area contributed by atoms with E-state index in [0.29, 0.717) is 15.9 Å². The van der Waals surface area contributed by atoms with E-state index in [1.54, 1.807) is 44.3 Å². The minimum Gasteiger partial charge on any atom is -0.478 e. The minimum atomic E-state index is -1.02. The standard InChI is InChI=1S/C14H15ClN2O2S/c1-9-8-16-13(20-9)17-12(18)14(2,3)19-11-6-4-5-10(15)7-11/h4-8H,1-3H3,(H,16,17,18). The molecular formula is C14H15ClN2O2S. The zero-order chi connectivity index (χ0) is 14.8. The number of halogens is 1. The second-order valence-electron chi connectivity index (χ2n) is 4.80. The van der Waals surface area contributed by atoms with Crippen molar-refractivity contribution in [3.05, 3.63) is 40.4 Å². The molecule has 20 heavy (non-hydrogen) atoms. The van der Waals surface area contributed by atoms with Crippen molar-refractivity contribution in [3.63, 3.8) is 0 Å². The maximum absolute atomic E-state index is 12.2. The van der Waals surface area contributed by atoms with E-state index < -0.39 is 5.60 Å². The maximum Gasteiger partial charge on any atom is 0.269 e. The van der Waals surface area contributed by atoms with Crippen LogP contribution >= 0.6 is 22.9 Å². The Hall–Kier alpha value is -1.59. The number of carbonyl (C=O) groups is 1. The van der Waals surface area contributed by atoms with Gasteiger partial charge in [0.1, 0.15) is 5.75 Å². The van der Waals surface area contributed by atoms with Gasteiger partial charge in [0.25, 0.3) is 5.91 Å². The summed E-state index contributed by atoms with van der Waals surface area (Å²) in [6.07, 6.45) is 1.71. The number of rotatable bonds is 4. The number of nitrogens with zero attached hydrogens (tertiary/aromatic N) is 1. The van der Waals surface area contributed by atoms with Gasteiger partial charge < -0.3 is 4.74 Å². The Bertz CT molecular complexity index is 625. The van der Waals surface area contributed by atoms with Crippen LogP contribution in [0.25, 0.3) is 0 Å². The van der Waals surface area contributed by atoms with Crippen LogP contribution < -0.4 is 10.1 Å². The SMILES string of the molecule is Cc1cnc(NC(=O)C(C)(C)Oc2cccc(Cl)c2)s1. The summed E-state index contributed by atoms with van der Waals surface area (Å²) in [5.41, 5.74) is -1.02. The van der Waals surface area contributed by atoms with Crippen LogP contribution in [0.5, 0.6) is 5.75 Å². The highest BCUT2D eigenvalue weighted by Crippen LogP contribution is 2.24. The normalized spacial score (nSPS) is 11.2. The van der Waals surface area contributed by atoms with Crippen LogP contribution in [-0.2, 0) is 4.79 Å². The highest BCUT2D eigenvalue weighted by molar-refractivity contribution is 7.15. The molecular weight excluding hydrogens is 296 g/mol. The quantitative estimate of drug-likeness (QED) is 0.931. The van der Waals surface area contributed by atoms with Gasteiger partial charge in [-0.2, -0.15) is 0 Å². The lowest BCUT2D eigenvalue weighted by Crippen LogP contribution is -2.42. The molecule has 0 fully saturated rings. The average molecular weight is 311 g/mol. The molecule has 2 rings (SSSR count). The number of anilines is 1. The van der Waals surface area contributed by atoms with Crippen molar-refractivity contribution in [2.45, 2.75) is 26.4 Å². The van der Waals surface area contributed by atoms with Crippen LogP contribution in [0.4, 0.5) is 5.13 Å². The van der Waals surface area contributed by atoms with Gasteiger partial charge in [0.15, 0.2) is 10.7 Å². The summed E-state index contributed by atoms with van der Waals surface area (Å²) in [4.78, 5) is 17.4. The molecule has 0 unspecified atom stereocenters. The Balaban J connectivity index is 2.07. The number of aryl methyl sites for hydroxylation is 1. The topological polar surface area (TPSA) is 51.2 Å². The molecule has 0 saturated heterocycles. The fraction of sp³-hybridized carbons (Fsp3) is 0.286. The number of aromatic nitrogens is 1. The minimum absolute atomic E-state index is 0.258. The molecule has 1 N–H and O–H groups in total. The van der Waals surface area contributed by atoms with Crippen LogP contribution in [0.2, 0.25) is 5.02 Å². The van der Waals surface area contributed by atoms with Crippen molar-refractivity contribution < 1.29 is 9.53 Å². The zero-order valence-electron chi connectivity index (χ0n) is 11.4. The second-order valence-corrected chi connectivity index (χ2v) is 6.47. The van der Waals surface area contributed by atoms with E-state index in [1.165, 1.54) is 11.3 Å². The first-order valence-electron chi connectivity index (χ1n) is 6.05. The van der Waals surface area contributed by atoms with Crippen LogP contribution in [0.15, 0.2) is 30.5 Å². The maximum atomic E-state index is 12.2. The van der Waals surface area contributed by atoms with E-state index in [9.17, 15) is 4.79 Å². The number of thiazole rings is 1. The first-order chi connectivity index (χ1) is 9.37. The van der Waals surface area contributed by atoms with Gasteiger partial charge in [-0.1, -0.05) is 17.7 Å². The zero-order valence-corrected chi connectivity index (χ0v) is 13.0. The summed E-state index contributed by atoms with van der Waals surface area (Å²) in [7, 11) is 0. The molecule has 106 valence electrons. The third kappa shape index (κ3) is 3.71. The third-order valence-electron chi connectivity index (χ3n) is 2.56. The number of carbonyl (C=O) groups excluding carboxylic acids is 1. The Morgan fingerprint density at radius 3 is 2.80 bits per heavy atom. The number of amides is 1. The highest BCUT2D eigenvalue weighted by Gasteiger charge is 2.30. The highest BCUT2D eigenvalue weighted by atomic mass is 35.5. The molecule has 4 nitrogen and oxygen atoms in total. The van der Waals surface area contributed by atoms with Crippen LogP contribution in [-0.4, -0.2) is 16.5 Å². The largest absolute Gasteiger partial charge is 0.478 e. The predicted molar refractivity (Wildman–Crippen MR) is 81.6 cm³/mol. The monoisotopic (exact) mass is 310 g/mol. The van der Waals surface area contributed by atoms with E-state index in [2.05, 4.69) is 10.3 Å². The van der Waals surface area contributed by atoms with Crippen molar-refractivity contribution in [1.82, 2.24) is 4.98 Å². The number of nitrogens with one attached hydrogen (secondary N) is 1. The molecule has 0 aliphatic rings. The molecule has 1 aromatic heterocycles. The molecule has 6 heteroatoms. The van der Waals surface area contributed by atoms with Crippen molar-refractivity contribution in [2.24, 2.45) is 0 Å². The summed E-state index contributed by atoms with van der Waals surface area (Å²) < 4.78 is 5.70. The van der Waals surface area contributed by atoms with Crippen molar-refractivity contribution in [3.8, 4) is 5.75 Å². The summed E-state index contributed by atoms with van der Waals surface area (Å²) >= 11 is 7.32. The van der Waals surface area contributed by atoms with Gasteiger partial charge in [0, 0.05) is 16.1 Å². The van der Waals surface area contributed by atoms with Gasteiger partial charge in [-0.3, -0.25) is 10.1 Å². The lowest BCUT2D eigenvalue weighted by atomic mass is 10.1. The van der Waals surface area contributed by atoms with Crippen LogP contribution in [0.3, 0.4) is 0 Å². The first kappa shape index (κ1) is 14.8. The van der Waals surface area contributed by atoms with Gasteiger partial charge in [-0.25, -0.2) is 4.98 Å². The summed E-state index contributed by atoms with van der Waals surface area (Å²) in [6, 6.07) is 6.95. The first-order valence-corrected chi connectivity index (χ1v) is 7.25. The Morgan fingerprint density at radius 1 is 1.45 bits per heavy atom. The molecule has 0 aliphatic heterocycles. The second kappa shape index (κ2) is 5.81. The van der Waals surface area contributed by atoms with Gasteiger partial charge in [-0.05, 0) is 39.0 Å². The van der Waals surface area contributed by atoms with E-state index >= 15 is 0 Å². The smallest absolute Gasteiger partial charge is 0.269 e. The average Bonchev–Trinajstić information content (AvgIpc) is 2.74. The van der Waals surface area contributed by atoms with Crippen molar-refractivity contribution >= 4 is 34.0 Å². The third-order valence-corrected chi connectivity index (χ3v) is 3.62. The molecule has 0 spiro atoms. The molecule has 1 aromatic carbocycles. The Morgan fingerprint density at radius 2 is 2.20 bits per heavy atom. The van der Waals surface area contributed by atoms with Gasteiger partial charge in [-0.15, -0.1) is 11.3 Å². The van der Waals surface area contributed by atoms with Crippen molar-refractivity contribution in [1.29, 1.82) is 0 Å².